The molecule has 0 saturated carbocycles. The van der Waals surface area contributed by atoms with E-state index in [2.05, 4.69) is 6.92 Å². The van der Waals surface area contributed by atoms with Gasteiger partial charge in [0.25, 0.3) is 0 Å². The van der Waals surface area contributed by atoms with Gasteiger partial charge in [0.15, 0.2) is 5.78 Å². The number of fused-ring (bicyclic) bond motifs is 1. The summed E-state index contributed by atoms with van der Waals surface area (Å²) >= 11 is 0. The molecule has 0 N–H and O–H groups in total. The Balaban J connectivity index is 0.000000720. The summed E-state index contributed by atoms with van der Waals surface area (Å²) in [6, 6.07) is 7.88. The summed E-state index contributed by atoms with van der Waals surface area (Å²) in [7, 11) is 0. The van der Waals surface area contributed by atoms with Crippen molar-refractivity contribution in [2.45, 2.75) is 26.7 Å². The molecule has 0 aromatic heterocycles. The van der Waals surface area contributed by atoms with Gasteiger partial charge >= 0.3 is 0 Å². The van der Waals surface area contributed by atoms with Crippen molar-refractivity contribution in [1.29, 1.82) is 0 Å². The molecule has 1 nitrogen and oxygen atoms in total. The lowest BCUT2D eigenvalue weighted by Gasteiger charge is -1.99. The minimum Gasteiger partial charge on any atom is -0.294 e. The average Bonchev–Trinajstić information content (AvgIpc) is 2.30. The van der Waals surface area contributed by atoms with Gasteiger partial charge in [-0.2, -0.15) is 0 Å². The van der Waals surface area contributed by atoms with Crippen LogP contribution in [-0.4, -0.2) is 5.78 Å². The highest BCUT2D eigenvalue weighted by Crippen LogP contribution is 2.31. The summed E-state index contributed by atoms with van der Waals surface area (Å²) in [5, 5.41) is 0. The van der Waals surface area contributed by atoms with Gasteiger partial charge in [-0.25, -0.2) is 0 Å². The van der Waals surface area contributed by atoms with Crippen molar-refractivity contribution < 1.29 is 4.79 Å². The summed E-state index contributed by atoms with van der Waals surface area (Å²) < 4.78 is 0. The maximum atomic E-state index is 11.3. The molecule has 0 radical (unpaired) electrons. The molecule has 0 aliphatic heterocycles. The van der Waals surface area contributed by atoms with Crippen LogP contribution in [0.4, 0.5) is 0 Å². The topological polar surface area (TPSA) is 17.1 Å². The maximum Gasteiger partial charge on any atom is 0.163 e. The van der Waals surface area contributed by atoms with Gasteiger partial charge in [0, 0.05) is 12.0 Å². The molecule has 1 aromatic rings. The van der Waals surface area contributed by atoms with E-state index in [0.29, 0.717) is 18.1 Å². The first-order chi connectivity index (χ1) is 5.29. The zero-order valence-electron chi connectivity index (χ0n) is 6.50. The molecule has 1 aliphatic carbocycles. The number of hydrogen-bond donors (Lipinski definition) is 0. The van der Waals surface area contributed by atoms with Crippen molar-refractivity contribution in [1.82, 2.24) is 0 Å². The SMILES string of the molecule is C.CC1CC(=O)c2ccccc21. The first-order valence-electron chi connectivity index (χ1n) is 3.91. The Kier molecular flexibility index (Phi) is 2.32. The second-order valence-electron chi connectivity index (χ2n) is 3.12. The van der Waals surface area contributed by atoms with Gasteiger partial charge in [-0.15, -0.1) is 0 Å². The first-order valence-corrected chi connectivity index (χ1v) is 3.91. The van der Waals surface area contributed by atoms with Crippen LogP contribution in [0.25, 0.3) is 0 Å². The fourth-order valence-corrected chi connectivity index (χ4v) is 1.68. The summed E-state index contributed by atoms with van der Waals surface area (Å²) in [5.41, 5.74) is 2.15. The lowest BCUT2D eigenvalue weighted by atomic mass is 10.0. The number of rotatable bonds is 0. The van der Waals surface area contributed by atoms with E-state index in [4.69, 9.17) is 0 Å². The van der Waals surface area contributed by atoms with E-state index in [1.165, 1.54) is 5.56 Å². The Labute approximate surface area is 73.4 Å². The van der Waals surface area contributed by atoms with Gasteiger partial charge in [-0.1, -0.05) is 38.6 Å². The van der Waals surface area contributed by atoms with Crippen molar-refractivity contribution in [3.63, 3.8) is 0 Å². The minimum absolute atomic E-state index is 0. The van der Waals surface area contributed by atoms with Crippen LogP contribution in [0.3, 0.4) is 0 Å². The number of carbonyl (C=O) groups is 1. The van der Waals surface area contributed by atoms with Crippen LogP contribution in [-0.2, 0) is 0 Å². The van der Waals surface area contributed by atoms with Crippen LogP contribution in [0.5, 0.6) is 0 Å². The third-order valence-corrected chi connectivity index (χ3v) is 2.28. The van der Waals surface area contributed by atoms with Crippen molar-refractivity contribution in [2.75, 3.05) is 0 Å². The molecule has 1 aromatic carbocycles. The largest absolute Gasteiger partial charge is 0.294 e. The van der Waals surface area contributed by atoms with Crippen molar-refractivity contribution in [3.8, 4) is 0 Å². The standard InChI is InChI=1S/C10H10O.CH4/c1-7-6-10(11)9-5-3-2-4-8(7)9;/h2-5,7H,6H2,1H3;1H4. The lowest BCUT2D eigenvalue weighted by Crippen LogP contribution is -1.89. The normalized spacial score (nSPS) is 20.1. The van der Waals surface area contributed by atoms with Crippen LogP contribution < -0.4 is 0 Å². The van der Waals surface area contributed by atoms with E-state index < -0.39 is 0 Å². The molecular formula is C11H14O. The van der Waals surface area contributed by atoms with Gasteiger partial charge in [0.2, 0.25) is 0 Å². The van der Waals surface area contributed by atoms with Crippen LogP contribution in [0.2, 0.25) is 0 Å². The van der Waals surface area contributed by atoms with Crippen LogP contribution >= 0.6 is 0 Å². The zero-order chi connectivity index (χ0) is 7.84. The fourth-order valence-electron chi connectivity index (χ4n) is 1.68. The van der Waals surface area contributed by atoms with Gasteiger partial charge in [-0.05, 0) is 11.5 Å². The molecule has 1 aliphatic rings. The molecule has 0 fully saturated rings. The Hall–Kier alpha value is -1.11. The maximum absolute atomic E-state index is 11.3. The summed E-state index contributed by atoms with van der Waals surface area (Å²) in [6.07, 6.45) is 0.694. The Morgan fingerprint density at radius 1 is 1.33 bits per heavy atom. The second kappa shape index (κ2) is 3.10. The van der Waals surface area contributed by atoms with E-state index in [1.54, 1.807) is 0 Å². The highest BCUT2D eigenvalue weighted by atomic mass is 16.1. The van der Waals surface area contributed by atoms with E-state index in [1.807, 2.05) is 24.3 Å². The zero-order valence-corrected chi connectivity index (χ0v) is 6.50. The first kappa shape index (κ1) is 8.98. The van der Waals surface area contributed by atoms with Crippen LogP contribution in [0.15, 0.2) is 24.3 Å². The Morgan fingerprint density at radius 2 is 2.00 bits per heavy atom. The number of carbonyl (C=O) groups excluding carboxylic acids is 1. The van der Waals surface area contributed by atoms with Crippen molar-refractivity contribution in [2.24, 2.45) is 0 Å². The average molecular weight is 162 g/mol. The molecule has 0 heterocycles. The van der Waals surface area contributed by atoms with Crippen molar-refractivity contribution in [3.05, 3.63) is 35.4 Å². The number of hydrogen-bond acceptors (Lipinski definition) is 1. The summed E-state index contributed by atoms with van der Waals surface area (Å²) in [5.74, 6) is 0.729. The van der Waals surface area contributed by atoms with Gasteiger partial charge in [0.1, 0.15) is 0 Å². The smallest absolute Gasteiger partial charge is 0.163 e. The van der Waals surface area contributed by atoms with Crippen LogP contribution in [0, 0.1) is 0 Å². The molecule has 2 rings (SSSR count). The van der Waals surface area contributed by atoms with Gasteiger partial charge < -0.3 is 0 Å². The minimum atomic E-state index is 0. The highest BCUT2D eigenvalue weighted by Gasteiger charge is 2.24. The third kappa shape index (κ3) is 1.15. The Bertz CT molecular complexity index is 302. The molecule has 64 valence electrons. The van der Waals surface area contributed by atoms with E-state index in [-0.39, 0.29) is 7.43 Å². The molecular weight excluding hydrogens is 148 g/mol. The molecule has 1 unspecified atom stereocenters. The van der Waals surface area contributed by atoms with Crippen molar-refractivity contribution >= 4 is 5.78 Å². The van der Waals surface area contributed by atoms with Gasteiger partial charge in [0.05, 0.1) is 0 Å². The third-order valence-electron chi connectivity index (χ3n) is 2.28. The predicted octanol–water partition coefficient (Wildman–Crippen LogP) is 3.01. The summed E-state index contributed by atoms with van der Waals surface area (Å²) in [4.78, 5) is 11.3. The molecule has 0 amide bonds. The van der Waals surface area contributed by atoms with Gasteiger partial charge in [-0.3, -0.25) is 4.79 Å². The fraction of sp³-hybridized carbons (Fsp3) is 0.364. The van der Waals surface area contributed by atoms with E-state index >= 15 is 0 Å². The number of benzene rings is 1. The summed E-state index contributed by atoms with van der Waals surface area (Å²) in [6.45, 7) is 2.10. The molecule has 1 heteroatoms. The molecule has 12 heavy (non-hydrogen) atoms. The monoisotopic (exact) mass is 162 g/mol. The second-order valence-corrected chi connectivity index (χ2v) is 3.12. The lowest BCUT2D eigenvalue weighted by molar-refractivity contribution is 0.0990. The molecule has 0 saturated heterocycles. The number of Topliss-reactive ketones (excluding diaryl/α,β-unsaturated/α-hetero) is 1. The molecule has 0 bridgehead atoms. The van der Waals surface area contributed by atoms with Crippen LogP contribution in [0.1, 0.15) is 42.6 Å². The Morgan fingerprint density at radius 3 is 2.67 bits per heavy atom. The number of ketones is 1. The quantitative estimate of drug-likeness (QED) is 0.573. The molecule has 0 spiro atoms. The van der Waals surface area contributed by atoms with E-state index in [9.17, 15) is 4.79 Å². The van der Waals surface area contributed by atoms with E-state index in [0.717, 1.165) is 5.56 Å². The highest BCUT2D eigenvalue weighted by molar-refractivity contribution is 6.01. The molecule has 1 atom stereocenters. The predicted molar refractivity (Wildman–Crippen MR) is 50.5 cm³/mol.